The average Bonchev–Trinajstić information content (AvgIpc) is 3.18. The fraction of sp³-hybridized carbons (Fsp3) is 0.238. The first kappa shape index (κ1) is 19.8. The van der Waals surface area contributed by atoms with Crippen molar-refractivity contribution >= 4 is 40.7 Å². The van der Waals surface area contributed by atoms with E-state index in [0.717, 1.165) is 11.1 Å². The van der Waals surface area contributed by atoms with Crippen LogP contribution in [0.5, 0.6) is 0 Å². The summed E-state index contributed by atoms with van der Waals surface area (Å²) in [4.78, 5) is 15.3. The number of hydrogen-bond acceptors (Lipinski definition) is 5. The number of nitrogens with zero attached hydrogens (tertiary/aromatic N) is 2. The number of aromatic nitrogens is 1. The van der Waals surface area contributed by atoms with E-state index in [1.54, 1.807) is 24.3 Å². The van der Waals surface area contributed by atoms with Gasteiger partial charge in [-0.2, -0.15) is 0 Å². The molecule has 29 heavy (non-hydrogen) atoms. The third-order valence-corrected chi connectivity index (χ3v) is 5.49. The van der Waals surface area contributed by atoms with Crippen LogP contribution in [0.3, 0.4) is 0 Å². The molecule has 1 saturated heterocycles. The normalized spacial score (nSPS) is 14.1. The van der Waals surface area contributed by atoms with Crippen molar-refractivity contribution in [1.29, 1.82) is 0 Å². The fourth-order valence-electron chi connectivity index (χ4n) is 3.20. The first-order valence-electron chi connectivity index (χ1n) is 9.19. The van der Waals surface area contributed by atoms with Crippen LogP contribution in [0, 0.1) is 6.92 Å². The van der Waals surface area contributed by atoms with E-state index < -0.39 is 0 Å². The van der Waals surface area contributed by atoms with Gasteiger partial charge < -0.3 is 19.5 Å². The van der Waals surface area contributed by atoms with Crippen molar-refractivity contribution in [3.8, 4) is 11.3 Å². The van der Waals surface area contributed by atoms with E-state index in [1.165, 1.54) is 0 Å². The molecule has 0 spiro atoms. The van der Waals surface area contributed by atoms with Crippen molar-refractivity contribution in [1.82, 2.24) is 5.16 Å². The van der Waals surface area contributed by atoms with Crippen molar-refractivity contribution in [3.63, 3.8) is 0 Å². The quantitative estimate of drug-likeness (QED) is 0.625. The van der Waals surface area contributed by atoms with Gasteiger partial charge in [0.2, 0.25) is 5.88 Å². The molecule has 0 radical (unpaired) electrons. The first-order chi connectivity index (χ1) is 14.0. The van der Waals surface area contributed by atoms with Gasteiger partial charge in [-0.25, -0.2) is 0 Å². The lowest BCUT2D eigenvalue weighted by molar-refractivity contribution is 0.102. The number of carbonyl (C=O) groups is 1. The topological polar surface area (TPSA) is 67.6 Å². The summed E-state index contributed by atoms with van der Waals surface area (Å²) in [5.41, 5.74) is 3.00. The number of hydrogen-bond donors (Lipinski definition) is 1. The molecule has 1 amide bonds. The van der Waals surface area contributed by atoms with Crippen LogP contribution in [0.2, 0.25) is 10.0 Å². The van der Waals surface area contributed by atoms with E-state index in [9.17, 15) is 4.79 Å². The zero-order valence-electron chi connectivity index (χ0n) is 15.7. The van der Waals surface area contributed by atoms with Gasteiger partial charge in [0.25, 0.3) is 5.91 Å². The van der Waals surface area contributed by atoms with E-state index in [0.29, 0.717) is 59.2 Å². The number of nitrogens with one attached hydrogen (secondary N) is 1. The zero-order chi connectivity index (χ0) is 20.4. The van der Waals surface area contributed by atoms with E-state index in [4.69, 9.17) is 32.5 Å². The van der Waals surface area contributed by atoms with E-state index in [1.807, 2.05) is 30.0 Å². The minimum absolute atomic E-state index is 0.317. The van der Waals surface area contributed by atoms with Crippen molar-refractivity contribution in [2.45, 2.75) is 6.92 Å². The molecule has 0 atom stereocenters. The summed E-state index contributed by atoms with van der Waals surface area (Å²) in [6, 6.07) is 12.5. The van der Waals surface area contributed by atoms with Gasteiger partial charge in [-0.1, -0.05) is 46.6 Å². The molecule has 1 aliphatic rings. The molecule has 1 N–H and O–H groups in total. The van der Waals surface area contributed by atoms with Gasteiger partial charge in [0.15, 0.2) is 0 Å². The summed E-state index contributed by atoms with van der Waals surface area (Å²) in [5, 5.41) is 8.34. The number of carbonyl (C=O) groups excluding carboxylic acids is 1. The summed E-state index contributed by atoms with van der Waals surface area (Å²) in [6.07, 6.45) is 0. The van der Waals surface area contributed by atoms with Gasteiger partial charge in [-0.15, -0.1) is 0 Å². The Morgan fingerprint density at radius 3 is 2.55 bits per heavy atom. The third kappa shape index (κ3) is 4.10. The van der Waals surface area contributed by atoms with Gasteiger partial charge in [-0.05, 0) is 36.8 Å². The largest absolute Gasteiger partial charge is 0.378 e. The minimum atomic E-state index is -0.317. The molecule has 1 fully saturated rings. The molecular formula is C21H19Cl2N3O3. The van der Waals surface area contributed by atoms with Crippen LogP contribution < -0.4 is 10.2 Å². The second-order valence-electron chi connectivity index (χ2n) is 6.68. The van der Waals surface area contributed by atoms with Crippen LogP contribution >= 0.6 is 23.2 Å². The molecule has 3 aromatic rings. The summed E-state index contributed by atoms with van der Waals surface area (Å²) < 4.78 is 11.1. The standard InChI is InChI=1S/C21H19Cl2N3O3/c1-13-16(23)3-2-4-17(13)24-20(27)18-19(14-5-7-15(22)8-6-14)25-29-21(18)26-9-11-28-12-10-26/h2-8H,9-12H2,1H3,(H,24,27). The van der Waals surface area contributed by atoms with Gasteiger partial charge in [0.1, 0.15) is 11.3 Å². The smallest absolute Gasteiger partial charge is 0.263 e. The maximum Gasteiger partial charge on any atom is 0.263 e. The molecule has 6 nitrogen and oxygen atoms in total. The highest BCUT2D eigenvalue weighted by molar-refractivity contribution is 6.32. The Hall–Kier alpha value is -2.54. The van der Waals surface area contributed by atoms with Gasteiger partial charge in [0.05, 0.1) is 13.2 Å². The van der Waals surface area contributed by atoms with Crippen molar-refractivity contribution in [2.24, 2.45) is 0 Å². The second-order valence-corrected chi connectivity index (χ2v) is 7.53. The van der Waals surface area contributed by atoms with Crippen molar-refractivity contribution in [2.75, 3.05) is 36.5 Å². The van der Waals surface area contributed by atoms with Crippen LogP contribution in [-0.4, -0.2) is 37.4 Å². The lowest BCUT2D eigenvalue weighted by Gasteiger charge is -2.26. The molecule has 0 bridgehead atoms. The monoisotopic (exact) mass is 431 g/mol. The molecule has 2 aromatic carbocycles. The van der Waals surface area contributed by atoms with Gasteiger partial charge in [-0.3, -0.25) is 4.79 Å². The number of ether oxygens (including phenoxy) is 1. The Morgan fingerprint density at radius 2 is 1.83 bits per heavy atom. The number of halogens is 2. The predicted molar refractivity (Wildman–Crippen MR) is 114 cm³/mol. The molecule has 1 aliphatic heterocycles. The van der Waals surface area contributed by atoms with Gasteiger partial charge in [0, 0.05) is 34.4 Å². The summed E-state index contributed by atoms with van der Waals surface area (Å²) in [7, 11) is 0. The van der Waals surface area contributed by atoms with Crippen LogP contribution in [-0.2, 0) is 4.74 Å². The van der Waals surface area contributed by atoms with Crippen LogP contribution in [0.15, 0.2) is 47.0 Å². The van der Waals surface area contributed by atoms with Crippen LogP contribution in [0.1, 0.15) is 15.9 Å². The Morgan fingerprint density at radius 1 is 1.10 bits per heavy atom. The minimum Gasteiger partial charge on any atom is -0.378 e. The SMILES string of the molecule is Cc1c(Cl)cccc1NC(=O)c1c(-c2ccc(Cl)cc2)noc1N1CCOCC1. The first-order valence-corrected chi connectivity index (χ1v) is 9.95. The third-order valence-electron chi connectivity index (χ3n) is 4.83. The lowest BCUT2D eigenvalue weighted by Crippen LogP contribution is -2.37. The molecule has 1 aromatic heterocycles. The highest BCUT2D eigenvalue weighted by atomic mass is 35.5. The Bertz CT molecular complexity index is 1030. The number of benzene rings is 2. The maximum atomic E-state index is 13.3. The second kappa shape index (κ2) is 8.45. The fourth-order valence-corrected chi connectivity index (χ4v) is 3.50. The number of amides is 1. The molecule has 150 valence electrons. The van der Waals surface area contributed by atoms with E-state index >= 15 is 0 Å². The maximum absolute atomic E-state index is 13.3. The van der Waals surface area contributed by atoms with E-state index in [-0.39, 0.29) is 5.91 Å². The number of anilines is 2. The van der Waals surface area contributed by atoms with Crippen LogP contribution in [0.25, 0.3) is 11.3 Å². The molecule has 8 heteroatoms. The number of rotatable bonds is 4. The number of morpholine rings is 1. The van der Waals surface area contributed by atoms with Crippen LogP contribution in [0.4, 0.5) is 11.6 Å². The molecule has 2 heterocycles. The van der Waals surface area contributed by atoms with Crippen molar-refractivity contribution in [3.05, 3.63) is 63.6 Å². The highest BCUT2D eigenvalue weighted by Crippen LogP contribution is 2.33. The Kier molecular flexibility index (Phi) is 5.76. The average molecular weight is 432 g/mol. The molecule has 4 rings (SSSR count). The summed E-state index contributed by atoms with van der Waals surface area (Å²) >= 11 is 12.2. The zero-order valence-corrected chi connectivity index (χ0v) is 17.3. The Labute approximate surface area is 178 Å². The molecule has 0 saturated carbocycles. The van der Waals surface area contributed by atoms with Gasteiger partial charge >= 0.3 is 0 Å². The highest BCUT2D eigenvalue weighted by Gasteiger charge is 2.29. The molecule has 0 aliphatic carbocycles. The van der Waals surface area contributed by atoms with Crippen molar-refractivity contribution < 1.29 is 14.1 Å². The Balaban J connectivity index is 1.75. The molecule has 0 unspecified atom stereocenters. The van der Waals surface area contributed by atoms with E-state index in [2.05, 4.69) is 10.5 Å². The summed E-state index contributed by atoms with van der Waals surface area (Å²) in [5.74, 6) is 0.110. The lowest BCUT2D eigenvalue weighted by atomic mass is 10.1. The summed E-state index contributed by atoms with van der Waals surface area (Å²) in [6.45, 7) is 4.21. The predicted octanol–water partition coefficient (Wildman–Crippen LogP) is 5.05. The molecular weight excluding hydrogens is 413 g/mol.